The summed E-state index contributed by atoms with van der Waals surface area (Å²) in [6, 6.07) is -0.321. The monoisotopic (exact) mass is 299 g/mol. The molecule has 6 heteroatoms. The van der Waals surface area contributed by atoms with Crippen LogP contribution < -0.4 is 5.73 Å². The highest BCUT2D eigenvalue weighted by molar-refractivity contribution is 5.85. The van der Waals surface area contributed by atoms with Crippen LogP contribution in [-0.2, 0) is 4.79 Å². The lowest BCUT2D eigenvalue weighted by Crippen LogP contribution is -2.54. The maximum Gasteiger partial charge on any atom is 0.239 e. The van der Waals surface area contributed by atoms with Crippen LogP contribution in [0.3, 0.4) is 0 Å². The number of nitrogens with zero attached hydrogens (tertiary/aromatic N) is 2. The fourth-order valence-corrected chi connectivity index (χ4v) is 1.99. The van der Waals surface area contributed by atoms with Gasteiger partial charge in [-0.05, 0) is 12.5 Å². The van der Waals surface area contributed by atoms with E-state index in [4.69, 9.17) is 5.73 Å². The number of likely N-dealkylation sites (N-methyl/N-ethyl adjacent to an activating group) is 1. The predicted molar refractivity (Wildman–Crippen MR) is 80.6 cm³/mol. The second kappa shape index (κ2) is 9.84. The molecule has 1 heterocycles. The van der Waals surface area contributed by atoms with Crippen molar-refractivity contribution in [2.24, 2.45) is 11.7 Å². The summed E-state index contributed by atoms with van der Waals surface area (Å²) in [5.74, 6) is 0.404. The number of hydrogen-bond donors (Lipinski definition) is 1. The van der Waals surface area contributed by atoms with Gasteiger partial charge in [0.15, 0.2) is 0 Å². The SMILES string of the molecule is CCC(C)C(N)C(=O)N1CCN(CC)CC1.Cl.Cl. The van der Waals surface area contributed by atoms with Crippen LogP contribution in [0.2, 0.25) is 0 Å². The van der Waals surface area contributed by atoms with Gasteiger partial charge in [-0.1, -0.05) is 27.2 Å². The van der Waals surface area contributed by atoms with E-state index in [9.17, 15) is 4.79 Å². The molecule has 0 aromatic rings. The highest BCUT2D eigenvalue weighted by Gasteiger charge is 2.27. The molecular weight excluding hydrogens is 273 g/mol. The van der Waals surface area contributed by atoms with Gasteiger partial charge in [0.25, 0.3) is 0 Å². The first-order valence-electron chi connectivity index (χ1n) is 6.36. The maximum absolute atomic E-state index is 12.1. The average molecular weight is 300 g/mol. The number of rotatable bonds is 4. The molecule has 0 bridgehead atoms. The maximum atomic E-state index is 12.1. The Kier molecular flexibility index (Phi) is 11.1. The molecular formula is C12H27Cl2N3O. The van der Waals surface area contributed by atoms with Crippen molar-refractivity contribution in [1.29, 1.82) is 0 Å². The number of halogens is 2. The Morgan fingerprint density at radius 3 is 2.06 bits per heavy atom. The van der Waals surface area contributed by atoms with Crippen molar-refractivity contribution >= 4 is 30.7 Å². The van der Waals surface area contributed by atoms with Crippen molar-refractivity contribution in [2.75, 3.05) is 32.7 Å². The van der Waals surface area contributed by atoms with E-state index < -0.39 is 0 Å². The summed E-state index contributed by atoms with van der Waals surface area (Å²) in [6.45, 7) is 11.0. The second-order valence-corrected chi connectivity index (χ2v) is 4.67. The summed E-state index contributed by atoms with van der Waals surface area (Å²) in [7, 11) is 0. The summed E-state index contributed by atoms with van der Waals surface area (Å²) >= 11 is 0. The minimum atomic E-state index is -0.321. The van der Waals surface area contributed by atoms with Gasteiger partial charge in [0, 0.05) is 26.2 Å². The van der Waals surface area contributed by atoms with Crippen molar-refractivity contribution < 1.29 is 4.79 Å². The van der Waals surface area contributed by atoms with E-state index in [2.05, 4.69) is 18.7 Å². The summed E-state index contributed by atoms with van der Waals surface area (Å²) in [6.07, 6.45) is 0.960. The highest BCUT2D eigenvalue weighted by Crippen LogP contribution is 2.10. The molecule has 1 rings (SSSR count). The molecule has 2 N–H and O–H groups in total. The molecule has 1 fully saturated rings. The highest BCUT2D eigenvalue weighted by atomic mass is 35.5. The molecule has 2 atom stereocenters. The zero-order valence-electron chi connectivity index (χ0n) is 11.6. The second-order valence-electron chi connectivity index (χ2n) is 4.67. The molecule has 0 saturated carbocycles. The third kappa shape index (κ3) is 5.31. The molecule has 1 aliphatic heterocycles. The number of hydrogen-bond acceptors (Lipinski definition) is 3. The molecule has 0 aromatic heterocycles. The van der Waals surface area contributed by atoms with Gasteiger partial charge >= 0.3 is 0 Å². The van der Waals surface area contributed by atoms with E-state index in [1.807, 2.05) is 11.8 Å². The van der Waals surface area contributed by atoms with Crippen LogP contribution in [0.4, 0.5) is 0 Å². The van der Waals surface area contributed by atoms with Crippen LogP contribution in [-0.4, -0.2) is 54.5 Å². The summed E-state index contributed by atoms with van der Waals surface area (Å²) in [4.78, 5) is 16.4. The number of carbonyl (C=O) groups is 1. The van der Waals surface area contributed by atoms with E-state index in [0.717, 1.165) is 39.1 Å². The van der Waals surface area contributed by atoms with Gasteiger partial charge in [-0.15, -0.1) is 24.8 Å². The van der Waals surface area contributed by atoms with Crippen molar-refractivity contribution in [3.05, 3.63) is 0 Å². The van der Waals surface area contributed by atoms with Crippen LogP contribution in [0.1, 0.15) is 27.2 Å². The molecule has 1 aliphatic rings. The molecule has 1 amide bonds. The molecule has 4 nitrogen and oxygen atoms in total. The zero-order chi connectivity index (χ0) is 12.1. The van der Waals surface area contributed by atoms with Crippen LogP contribution in [0.15, 0.2) is 0 Å². The number of nitrogens with two attached hydrogens (primary N) is 1. The molecule has 0 aromatic carbocycles. The first-order valence-corrected chi connectivity index (χ1v) is 6.36. The Hall–Kier alpha value is -0.0300. The van der Waals surface area contributed by atoms with Gasteiger partial charge in [-0.3, -0.25) is 4.79 Å². The van der Waals surface area contributed by atoms with Crippen molar-refractivity contribution in [3.8, 4) is 0 Å². The smallest absolute Gasteiger partial charge is 0.239 e. The minimum absolute atomic E-state index is 0. The van der Waals surface area contributed by atoms with Gasteiger partial charge in [0.2, 0.25) is 5.91 Å². The first kappa shape index (κ1) is 20.3. The number of piperazine rings is 1. The molecule has 0 spiro atoms. The third-order valence-corrected chi connectivity index (χ3v) is 3.67. The molecule has 18 heavy (non-hydrogen) atoms. The van der Waals surface area contributed by atoms with Crippen molar-refractivity contribution in [3.63, 3.8) is 0 Å². The van der Waals surface area contributed by atoms with E-state index in [1.165, 1.54) is 0 Å². The molecule has 0 aliphatic carbocycles. The summed E-state index contributed by atoms with van der Waals surface area (Å²) < 4.78 is 0. The largest absolute Gasteiger partial charge is 0.339 e. The first-order chi connectivity index (χ1) is 7.60. The van der Waals surface area contributed by atoms with E-state index in [-0.39, 0.29) is 42.7 Å². The van der Waals surface area contributed by atoms with Gasteiger partial charge in [0.1, 0.15) is 0 Å². The van der Waals surface area contributed by atoms with E-state index in [1.54, 1.807) is 0 Å². The average Bonchev–Trinajstić information content (AvgIpc) is 2.36. The normalized spacial score (nSPS) is 19.4. The Morgan fingerprint density at radius 2 is 1.67 bits per heavy atom. The van der Waals surface area contributed by atoms with Gasteiger partial charge in [-0.2, -0.15) is 0 Å². The quantitative estimate of drug-likeness (QED) is 0.853. The lowest BCUT2D eigenvalue weighted by Gasteiger charge is -2.36. The number of carbonyl (C=O) groups excluding carboxylic acids is 1. The zero-order valence-corrected chi connectivity index (χ0v) is 13.2. The molecule has 1 saturated heterocycles. The Morgan fingerprint density at radius 1 is 1.17 bits per heavy atom. The minimum Gasteiger partial charge on any atom is -0.339 e. The predicted octanol–water partition coefficient (Wildman–Crippen LogP) is 1.37. The fraction of sp³-hybridized carbons (Fsp3) is 0.917. The standard InChI is InChI=1S/C12H25N3O.2ClH/c1-4-10(3)11(13)12(16)15-8-6-14(5-2)7-9-15;;/h10-11H,4-9,13H2,1-3H3;2*1H. The lowest BCUT2D eigenvalue weighted by molar-refractivity contribution is -0.135. The topological polar surface area (TPSA) is 49.6 Å². The molecule has 0 radical (unpaired) electrons. The van der Waals surface area contributed by atoms with Crippen LogP contribution in [0.25, 0.3) is 0 Å². The van der Waals surface area contributed by atoms with Crippen LogP contribution >= 0.6 is 24.8 Å². The third-order valence-electron chi connectivity index (χ3n) is 3.67. The fourth-order valence-electron chi connectivity index (χ4n) is 1.99. The van der Waals surface area contributed by atoms with Crippen molar-refractivity contribution in [1.82, 2.24) is 9.80 Å². The Bertz CT molecular complexity index is 233. The number of amides is 1. The van der Waals surface area contributed by atoms with E-state index >= 15 is 0 Å². The lowest BCUT2D eigenvalue weighted by atomic mass is 9.98. The van der Waals surface area contributed by atoms with Crippen LogP contribution in [0, 0.1) is 5.92 Å². The molecule has 110 valence electrons. The van der Waals surface area contributed by atoms with Crippen LogP contribution in [0.5, 0.6) is 0 Å². The van der Waals surface area contributed by atoms with Gasteiger partial charge < -0.3 is 15.5 Å². The molecule has 2 unspecified atom stereocenters. The van der Waals surface area contributed by atoms with Crippen molar-refractivity contribution in [2.45, 2.75) is 33.2 Å². The van der Waals surface area contributed by atoms with E-state index in [0.29, 0.717) is 0 Å². The summed E-state index contributed by atoms with van der Waals surface area (Å²) in [5, 5.41) is 0. The Balaban J connectivity index is 0. The van der Waals surface area contributed by atoms with Gasteiger partial charge in [0.05, 0.1) is 6.04 Å². The summed E-state index contributed by atoms with van der Waals surface area (Å²) in [5.41, 5.74) is 5.96. The van der Waals surface area contributed by atoms with Gasteiger partial charge in [-0.25, -0.2) is 0 Å². The Labute approximate surface area is 123 Å².